The standard InChI is InChI=1S/C18H24FN3O2/c1-12(2)5-7-24-13-4-6-22(10-13)18-14-8-17(23-3)15(19)9-16(14)20-11-21-18/h8-9,11-13H,4-7,10H2,1-3H3. The summed E-state index contributed by atoms with van der Waals surface area (Å²) in [5.41, 5.74) is 0.586. The van der Waals surface area contributed by atoms with Gasteiger partial charge in [0, 0.05) is 31.1 Å². The van der Waals surface area contributed by atoms with Gasteiger partial charge in [0.15, 0.2) is 11.6 Å². The van der Waals surface area contributed by atoms with Crippen LogP contribution in [0.4, 0.5) is 10.2 Å². The quantitative estimate of drug-likeness (QED) is 0.811. The smallest absolute Gasteiger partial charge is 0.167 e. The minimum Gasteiger partial charge on any atom is -0.494 e. The Bertz CT molecular complexity index is 708. The van der Waals surface area contributed by atoms with Gasteiger partial charge in [-0.15, -0.1) is 0 Å². The van der Waals surface area contributed by atoms with Gasteiger partial charge in [-0.3, -0.25) is 0 Å². The molecule has 0 radical (unpaired) electrons. The molecule has 0 bridgehead atoms. The Hall–Kier alpha value is -1.95. The monoisotopic (exact) mass is 333 g/mol. The number of fused-ring (bicyclic) bond motifs is 1. The normalized spacial score (nSPS) is 17.9. The number of anilines is 1. The summed E-state index contributed by atoms with van der Waals surface area (Å²) >= 11 is 0. The Morgan fingerprint density at radius 3 is 2.92 bits per heavy atom. The number of halogens is 1. The van der Waals surface area contributed by atoms with Crippen LogP contribution in [-0.4, -0.2) is 42.9 Å². The van der Waals surface area contributed by atoms with E-state index in [4.69, 9.17) is 9.47 Å². The van der Waals surface area contributed by atoms with Crippen LogP contribution >= 0.6 is 0 Å². The van der Waals surface area contributed by atoms with Crippen LogP contribution in [-0.2, 0) is 4.74 Å². The van der Waals surface area contributed by atoms with Crippen LogP contribution in [0.5, 0.6) is 5.75 Å². The van der Waals surface area contributed by atoms with Gasteiger partial charge >= 0.3 is 0 Å². The lowest BCUT2D eigenvalue weighted by Crippen LogP contribution is -2.24. The fourth-order valence-corrected chi connectivity index (χ4v) is 2.98. The van der Waals surface area contributed by atoms with Crippen LogP contribution in [0.15, 0.2) is 18.5 Å². The third-order valence-corrected chi connectivity index (χ3v) is 4.38. The van der Waals surface area contributed by atoms with Crippen LogP contribution in [0.2, 0.25) is 0 Å². The molecular weight excluding hydrogens is 309 g/mol. The first-order valence-corrected chi connectivity index (χ1v) is 8.43. The van der Waals surface area contributed by atoms with Gasteiger partial charge in [0.1, 0.15) is 12.1 Å². The molecule has 0 amide bonds. The molecule has 0 aliphatic carbocycles. The molecule has 6 heteroatoms. The molecule has 0 saturated carbocycles. The molecule has 2 heterocycles. The van der Waals surface area contributed by atoms with E-state index in [9.17, 15) is 4.39 Å². The number of rotatable bonds is 6. The maximum atomic E-state index is 13.9. The number of aromatic nitrogens is 2. The van der Waals surface area contributed by atoms with E-state index in [2.05, 4.69) is 28.7 Å². The highest BCUT2D eigenvalue weighted by Gasteiger charge is 2.26. The average molecular weight is 333 g/mol. The highest BCUT2D eigenvalue weighted by atomic mass is 19.1. The third-order valence-electron chi connectivity index (χ3n) is 4.38. The molecule has 1 aromatic heterocycles. The maximum absolute atomic E-state index is 13.9. The predicted molar refractivity (Wildman–Crippen MR) is 92.1 cm³/mol. The molecule has 1 saturated heterocycles. The highest BCUT2D eigenvalue weighted by Crippen LogP contribution is 2.31. The Balaban J connectivity index is 1.77. The van der Waals surface area contributed by atoms with Crippen molar-refractivity contribution in [2.75, 3.05) is 31.7 Å². The molecule has 1 atom stereocenters. The molecule has 0 spiro atoms. The summed E-state index contributed by atoms with van der Waals surface area (Å²) in [7, 11) is 1.46. The topological polar surface area (TPSA) is 47.5 Å². The second-order valence-corrected chi connectivity index (χ2v) is 6.61. The van der Waals surface area contributed by atoms with Crippen molar-refractivity contribution in [3.05, 3.63) is 24.3 Å². The number of methoxy groups -OCH3 is 1. The lowest BCUT2D eigenvalue weighted by atomic mass is 10.1. The average Bonchev–Trinajstić information content (AvgIpc) is 3.02. The van der Waals surface area contributed by atoms with E-state index in [-0.39, 0.29) is 11.9 Å². The van der Waals surface area contributed by atoms with Gasteiger partial charge < -0.3 is 14.4 Å². The van der Waals surface area contributed by atoms with Gasteiger partial charge in [0.05, 0.1) is 18.7 Å². The fourth-order valence-electron chi connectivity index (χ4n) is 2.98. The zero-order valence-electron chi connectivity index (χ0n) is 14.5. The van der Waals surface area contributed by atoms with Crippen LogP contribution in [0.3, 0.4) is 0 Å². The highest BCUT2D eigenvalue weighted by molar-refractivity contribution is 5.90. The minimum absolute atomic E-state index is 0.211. The SMILES string of the molecule is COc1cc2c(N3CCC(OCCC(C)C)C3)ncnc2cc1F. The van der Waals surface area contributed by atoms with Crippen molar-refractivity contribution >= 4 is 16.7 Å². The summed E-state index contributed by atoms with van der Waals surface area (Å²) in [5.74, 6) is 1.26. The van der Waals surface area contributed by atoms with Crippen molar-refractivity contribution in [2.24, 2.45) is 5.92 Å². The van der Waals surface area contributed by atoms with Crippen molar-refractivity contribution in [1.82, 2.24) is 9.97 Å². The molecule has 0 N–H and O–H groups in total. The van der Waals surface area contributed by atoms with Crippen LogP contribution in [0.25, 0.3) is 10.9 Å². The van der Waals surface area contributed by atoms with Crippen molar-refractivity contribution in [2.45, 2.75) is 32.8 Å². The summed E-state index contributed by atoms with van der Waals surface area (Å²) in [4.78, 5) is 10.8. The summed E-state index contributed by atoms with van der Waals surface area (Å²) in [6, 6.07) is 3.07. The number of hydrogen-bond donors (Lipinski definition) is 0. The second kappa shape index (κ2) is 7.30. The lowest BCUT2D eigenvalue weighted by molar-refractivity contribution is 0.0609. The number of benzene rings is 1. The maximum Gasteiger partial charge on any atom is 0.167 e. The van der Waals surface area contributed by atoms with Crippen molar-refractivity contribution in [3.8, 4) is 5.75 Å². The molecule has 1 aromatic carbocycles. The first-order valence-electron chi connectivity index (χ1n) is 8.43. The number of nitrogens with zero attached hydrogens (tertiary/aromatic N) is 3. The third kappa shape index (κ3) is 3.59. The van der Waals surface area contributed by atoms with Crippen molar-refractivity contribution < 1.29 is 13.9 Å². The Morgan fingerprint density at radius 2 is 2.17 bits per heavy atom. The van der Waals surface area contributed by atoms with E-state index in [1.165, 1.54) is 19.5 Å². The molecule has 1 fully saturated rings. The molecule has 2 aromatic rings. The Morgan fingerprint density at radius 1 is 1.33 bits per heavy atom. The zero-order chi connectivity index (χ0) is 17.1. The van der Waals surface area contributed by atoms with Gasteiger partial charge in [0.2, 0.25) is 0 Å². The number of hydrogen-bond acceptors (Lipinski definition) is 5. The lowest BCUT2D eigenvalue weighted by Gasteiger charge is -2.19. The van der Waals surface area contributed by atoms with E-state index in [1.807, 2.05) is 0 Å². The minimum atomic E-state index is -0.411. The first kappa shape index (κ1) is 16.9. The molecule has 1 unspecified atom stereocenters. The van der Waals surface area contributed by atoms with Gasteiger partial charge in [-0.1, -0.05) is 13.8 Å². The predicted octanol–water partition coefficient (Wildman–Crippen LogP) is 3.42. The molecule has 24 heavy (non-hydrogen) atoms. The van der Waals surface area contributed by atoms with E-state index >= 15 is 0 Å². The summed E-state index contributed by atoms with van der Waals surface area (Å²) in [6.07, 6.45) is 3.75. The zero-order valence-corrected chi connectivity index (χ0v) is 14.5. The van der Waals surface area contributed by atoms with Crippen molar-refractivity contribution in [3.63, 3.8) is 0 Å². The van der Waals surface area contributed by atoms with Gasteiger partial charge in [-0.25, -0.2) is 14.4 Å². The molecular formula is C18H24FN3O2. The van der Waals surface area contributed by atoms with E-state index in [0.29, 0.717) is 11.4 Å². The fraction of sp³-hybridized carbons (Fsp3) is 0.556. The van der Waals surface area contributed by atoms with E-state index < -0.39 is 5.82 Å². The van der Waals surface area contributed by atoms with E-state index in [1.54, 1.807) is 6.07 Å². The van der Waals surface area contributed by atoms with Crippen LogP contribution in [0.1, 0.15) is 26.7 Å². The Kier molecular flexibility index (Phi) is 5.14. The summed E-state index contributed by atoms with van der Waals surface area (Å²) in [6.45, 7) is 6.86. The summed E-state index contributed by atoms with van der Waals surface area (Å²) in [5, 5.41) is 0.804. The second-order valence-electron chi connectivity index (χ2n) is 6.61. The molecule has 3 rings (SSSR count). The molecule has 5 nitrogen and oxygen atoms in total. The Labute approximate surface area is 141 Å². The molecule has 130 valence electrons. The largest absolute Gasteiger partial charge is 0.494 e. The van der Waals surface area contributed by atoms with Gasteiger partial charge in [-0.2, -0.15) is 0 Å². The number of ether oxygens (including phenoxy) is 2. The van der Waals surface area contributed by atoms with E-state index in [0.717, 1.165) is 43.7 Å². The first-order chi connectivity index (χ1) is 11.6. The molecule has 1 aliphatic rings. The van der Waals surface area contributed by atoms with Crippen molar-refractivity contribution in [1.29, 1.82) is 0 Å². The summed E-state index contributed by atoms with van der Waals surface area (Å²) < 4.78 is 24.9. The van der Waals surface area contributed by atoms with Gasteiger partial charge in [-0.05, 0) is 24.8 Å². The van der Waals surface area contributed by atoms with Gasteiger partial charge in [0.25, 0.3) is 0 Å². The van der Waals surface area contributed by atoms with Crippen LogP contribution < -0.4 is 9.64 Å². The van der Waals surface area contributed by atoms with Crippen LogP contribution in [0, 0.1) is 11.7 Å². The molecule has 1 aliphatic heterocycles.